The first kappa shape index (κ1) is 15.7. The Balaban J connectivity index is 1.64. The summed E-state index contributed by atoms with van der Waals surface area (Å²) in [5.41, 5.74) is -0.251. The van der Waals surface area contributed by atoms with Gasteiger partial charge in [0.05, 0.1) is 5.69 Å². The fourth-order valence-corrected chi connectivity index (χ4v) is 2.03. The van der Waals surface area contributed by atoms with E-state index < -0.39 is 17.5 Å². The lowest BCUT2D eigenvalue weighted by molar-refractivity contribution is 0.0992. The molecule has 0 radical (unpaired) electrons. The first-order valence-corrected chi connectivity index (χ1v) is 7.15. The Morgan fingerprint density at radius 3 is 2.62 bits per heavy atom. The number of halogens is 2. The molecule has 3 aromatic rings. The zero-order valence-corrected chi connectivity index (χ0v) is 12.5. The summed E-state index contributed by atoms with van der Waals surface area (Å²) >= 11 is 0. The number of benzene rings is 2. The minimum Gasteiger partial charge on any atom is -0.486 e. The highest BCUT2D eigenvalue weighted by Gasteiger charge is 2.14. The normalized spacial score (nSPS) is 10.4. The van der Waals surface area contributed by atoms with E-state index in [1.165, 1.54) is 6.07 Å². The summed E-state index contributed by atoms with van der Waals surface area (Å²) < 4.78 is 37.5. The first-order chi connectivity index (χ1) is 11.6. The highest BCUT2D eigenvalue weighted by Crippen LogP contribution is 2.18. The van der Waals surface area contributed by atoms with Crippen LogP contribution in [-0.2, 0) is 6.61 Å². The number of carbonyl (C=O) groups is 1. The van der Waals surface area contributed by atoms with E-state index in [0.717, 1.165) is 18.2 Å². The van der Waals surface area contributed by atoms with E-state index in [9.17, 15) is 13.6 Å². The third kappa shape index (κ3) is 3.78. The molecule has 0 aliphatic carbocycles. The number of para-hydroxylation sites is 1. The molecule has 0 atom stereocenters. The number of furan rings is 1. The smallest absolute Gasteiger partial charge is 0.291 e. The Morgan fingerprint density at radius 1 is 1.04 bits per heavy atom. The molecule has 1 heterocycles. The van der Waals surface area contributed by atoms with Crippen molar-refractivity contribution in [1.29, 1.82) is 0 Å². The average molecular weight is 329 g/mol. The molecule has 1 N–H and O–H groups in total. The van der Waals surface area contributed by atoms with Crippen molar-refractivity contribution in [1.82, 2.24) is 0 Å². The van der Waals surface area contributed by atoms with E-state index in [2.05, 4.69) is 5.32 Å². The highest BCUT2D eigenvalue weighted by atomic mass is 19.1. The van der Waals surface area contributed by atoms with Crippen LogP contribution in [0.15, 0.2) is 65.1 Å². The average Bonchev–Trinajstić information content (AvgIpc) is 3.06. The second-order valence-corrected chi connectivity index (χ2v) is 4.95. The van der Waals surface area contributed by atoms with Gasteiger partial charge >= 0.3 is 0 Å². The molecule has 0 aliphatic rings. The molecular weight excluding hydrogens is 316 g/mol. The molecule has 0 unspecified atom stereocenters. The van der Waals surface area contributed by atoms with Gasteiger partial charge in [0.2, 0.25) is 0 Å². The molecule has 0 spiro atoms. The molecule has 0 saturated carbocycles. The molecule has 122 valence electrons. The van der Waals surface area contributed by atoms with Gasteiger partial charge in [-0.1, -0.05) is 18.2 Å². The van der Waals surface area contributed by atoms with Gasteiger partial charge in [-0.2, -0.15) is 0 Å². The van der Waals surface area contributed by atoms with Crippen molar-refractivity contribution in [3.8, 4) is 5.75 Å². The summed E-state index contributed by atoms with van der Waals surface area (Å²) in [7, 11) is 0. The van der Waals surface area contributed by atoms with Crippen LogP contribution in [0, 0.1) is 11.6 Å². The number of ether oxygens (including phenoxy) is 1. The molecule has 0 aliphatic heterocycles. The highest BCUT2D eigenvalue weighted by molar-refractivity contribution is 6.02. The first-order valence-electron chi connectivity index (χ1n) is 7.15. The number of nitrogens with one attached hydrogen (secondary N) is 1. The number of amides is 1. The van der Waals surface area contributed by atoms with Crippen LogP contribution in [0.25, 0.3) is 0 Å². The van der Waals surface area contributed by atoms with Gasteiger partial charge in [-0.25, -0.2) is 8.78 Å². The number of hydrogen-bond donors (Lipinski definition) is 1. The van der Waals surface area contributed by atoms with E-state index in [1.54, 1.807) is 18.2 Å². The maximum atomic E-state index is 13.5. The third-order valence-electron chi connectivity index (χ3n) is 3.19. The van der Waals surface area contributed by atoms with Crippen LogP contribution in [0.1, 0.15) is 16.3 Å². The molecule has 1 amide bonds. The molecule has 6 heteroatoms. The zero-order chi connectivity index (χ0) is 16.9. The zero-order valence-electron chi connectivity index (χ0n) is 12.5. The van der Waals surface area contributed by atoms with Crippen LogP contribution in [-0.4, -0.2) is 5.91 Å². The minimum atomic E-state index is -0.732. The van der Waals surface area contributed by atoms with Gasteiger partial charge < -0.3 is 14.5 Å². The maximum Gasteiger partial charge on any atom is 0.291 e. The summed E-state index contributed by atoms with van der Waals surface area (Å²) in [5.74, 6) is -0.978. The summed E-state index contributed by atoms with van der Waals surface area (Å²) in [5, 5.41) is 2.27. The van der Waals surface area contributed by atoms with Crippen molar-refractivity contribution in [3.05, 3.63) is 83.8 Å². The molecule has 1 aromatic heterocycles. The number of anilines is 1. The Morgan fingerprint density at radius 2 is 1.83 bits per heavy atom. The Labute approximate surface area is 136 Å². The lowest BCUT2D eigenvalue weighted by Gasteiger charge is -2.05. The predicted molar refractivity (Wildman–Crippen MR) is 83.8 cm³/mol. The molecule has 2 aromatic carbocycles. The quantitative estimate of drug-likeness (QED) is 0.755. The second-order valence-electron chi connectivity index (χ2n) is 4.95. The van der Waals surface area contributed by atoms with E-state index in [4.69, 9.17) is 9.15 Å². The maximum absolute atomic E-state index is 13.5. The van der Waals surface area contributed by atoms with Gasteiger partial charge in [-0.05, 0) is 36.4 Å². The Hall–Kier alpha value is -3.15. The monoisotopic (exact) mass is 329 g/mol. The molecule has 0 bridgehead atoms. The van der Waals surface area contributed by atoms with E-state index in [0.29, 0.717) is 11.5 Å². The fraction of sp³-hybridized carbons (Fsp3) is 0.0556. The van der Waals surface area contributed by atoms with Crippen LogP contribution in [0.3, 0.4) is 0 Å². The summed E-state index contributed by atoms with van der Waals surface area (Å²) in [6.45, 7) is 0.144. The number of carbonyl (C=O) groups excluding carboxylic acids is 1. The second kappa shape index (κ2) is 6.95. The van der Waals surface area contributed by atoms with Crippen LogP contribution < -0.4 is 10.1 Å². The van der Waals surface area contributed by atoms with Gasteiger partial charge in [0.25, 0.3) is 5.91 Å². The van der Waals surface area contributed by atoms with Crippen molar-refractivity contribution in [3.63, 3.8) is 0 Å². The SMILES string of the molecule is O=C(Nc1cc(F)ccc1F)c1ccc(COc2ccccc2)o1. The molecule has 0 saturated heterocycles. The fourth-order valence-electron chi connectivity index (χ4n) is 2.03. The van der Waals surface area contributed by atoms with Crippen LogP contribution in [0.5, 0.6) is 5.75 Å². The van der Waals surface area contributed by atoms with E-state index in [-0.39, 0.29) is 18.1 Å². The minimum absolute atomic E-state index is 0.0228. The van der Waals surface area contributed by atoms with Crippen LogP contribution in [0.4, 0.5) is 14.5 Å². The van der Waals surface area contributed by atoms with Gasteiger partial charge in [0.1, 0.15) is 29.8 Å². The Kier molecular flexibility index (Phi) is 4.56. The number of rotatable bonds is 5. The molecule has 4 nitrogen and oxygen atoms in total. The van der Waals surface area contributed by atoms with Crippen molar-refractivity contribution < 1.29 is 22.7 Å². The van der Waals surface area contributed by atoms with E-state index >= 15 is 0 Å². The van der Waals surface area contributed by atoms with Gasteiger partial charge in [-0.3, -0.25) is 4.79 Å². The summed E-state index contributed by atoms with van der Waals surface area (Å²) in [6.07, 6.45) is 0. The predicted octanol–water partition coefficient (Wildman–Crippen LogP) is 4.39. The summed E-state index contributed by atoms with van der Waals surface area (Å²) in [6, 6.07) is 15.0. The molecule has 0 fully saturated rings. The topological polar surface area (TPSA) is 51.5 Å². The molecular formula is C18H13F2NO3. The largest absolute Gasteiger partial charge is 0.486 e. The Bertz CT molecular complexity index is 846. The molecule has 24 heavy (non-hydrogen) atoms. The van der Waals surface area contributed by atoms with Gasteiger partial charge in [0.15, 0.2) is 5.76 Å². The number of hydrogen-bond acceptors (Lipinski definition) is 3. The molecule has 3 rings (SSSR count). The van der Waals surface area contributed by atoms with Crippen molar-refractivity contribution in [2.75, 3.05) is 5.32 Å². The van der Waals surface area contributed by atoms with Gasteiger partial charge in [-0.15, -0.1) is 0 Å². The standard InChI is InChI=1S/C18H13F2NO3/c19-12-6-8-15(20)16(10-12)21-18(22)17-9-7-14(24-17)11-23-13-4-2-1-3-5-13/h1-10H,11H2,(H,21,22). The van der Waals surface area contributed by atoms with Crippen LogP contribution >= 0.6 is 0 Å². The third-order valence-corrected chi connectivity index (χ3v) is 3.19. The summed E-state index contributed by atoms with van der Waals surface area (Å²) in [4.78, 5) is 12.0. The van der Waals surface area contributed by atoms with E-state index in [1.807, 2.05) is 18.2 Å². The van der Waals surface area contributed by atoms with Crippen molar-refractivity contribution in [2.45, 2.75) is 6.61 Å². The lowest BCUT2D eigenvalue weighted by atomic mass is 10.3. The lowest BCUT2D eigenvalue weighted by Crippen LogP contribution is -2.12. The van der Waals surface area contributed by atoms with Gasteiger partial charge in [0, 0.05) is 6.07 Å². The van der Waals surface area contributed by atoms with Crippen molar-refractivity contribution in [2.24, 2.45) is 0 Å². The van der Waals surface area contributed by atoms with Crippen molar-refractivity contribution >= 4 is 11.6 Å². The van der Waals surface area contributed by atoms with Crippen LogP contribution in [0.2, 0.25) is 0 Å².